The number of carbonyl (C=O) groups excluding carboxylic acids is 1. The van der Waals surface area contributed by atoms with Crippen LogP contribution in [-0.2, 0) is 36.0 Å². The summed E-state index contributed by atoms with van der Waals surface area (Å²) in [5, 5.41) is 0. The molecule has 2 aliphatic heterocycles. The number of nitrogens with zero attached hydrogens (tertiary/aromatic N) is 3. The molecule has 1 amide bonds. The molecule has 0 spiro atoms. The molecule has 2 saturated heterocycles. The number of hydrogen-bond donors (Lipinski definition) is 0. The van der Waals surface area contributed by atoms with E-state index in [-0.39, 0.29) is 34.5 Å². The lowest BCUT2D eigenvalue weighted by atomic mass is 10.1. The number of aryl methyl sites for hydroxylation is 2. The van der Waals surface area contributed by atoms with Crippen LogP contribution in [0.1, 0.15) is 16.0 Å². The molecular formula is C22H29N3O6S3. The van der Waals surface area contributed by atoms with Crippen molar-refractivity contribution in [3.8, 4) is 0 Å². The van der Waals surface area contributed by atoms with Crippen LogP contribution in [0.15, 0.2) is 39.4 Å². The van der Waals surface area contributed by atoms with Crippen LogP contribution >= 0.6 is 11.3 Å². The number of morpholine rings is 1. The lowest BCUT2D eigenvalue weighted by Gasteiger charge is -2.34. The van der Waals surface area contributed by atoms with Crippen LogP contribution in [0.4, 0.5) is 0 Å². The van der Waals surface area contributed by atoms with Gasteiger partial charge in [0.05, 0.1) is 24.5 Å². The number of sulfonamides is 2. The fourth-order valence-corrected chi connectivity index (χ4v) is 8.39. The third-order valence-electron chi connectivity index (χ3n) is 6.23. The van der Waals surface area contributed by atoms with Gasteiger partial charge in [0.1, 0.15) is 4.21 Å². The number of benzene rings is 1. The van der Waals surface area contributed by atoms with Gasteiger partial charge in [-0.15, -0.1) is 11.3 Å². The van der Waals surface area contributed by atoms with Crippen molar-refractivity contribution in [1.29, 1.82) is 0 Å². The monoisotopic (exact) mass is 527 g/mol. The maximum absolute atomic E-state index is 13.0. The molecule has 0 atom stereocenters. The zero-order valence-corrected chi connectivity index (χ0v) is 21.7. The van der Waals surface area contributed by atoms with Gasteiger partial charge in [-0.25, -0.2) is 16.8 Å². The SMILES string of the molecule is Cc1ccc(S(=O)(=O)N2CCN(C(=O)Cc3ccc(S(=O)(=O)N4CCOCC4)s3)CC2)cc1C. The Kier molecular flexibility index (Phi) is 7.46. The van der Waals surface area contributed by atoms with E-state index in [1.165, 1.54) is 8.61 Å². The van der Waals surface area contributed by atoms with E-state index in [0.29, 0.717) is 44.3 Å². The normalized spacial score (nSPS) is 18.8. The summed E-state index contributed by atoms with van der Waals surface area (Å²) in [6.07, 6.45) is 0.0905. The minimum atomic E-state index is -3.62. The van der Waals surface area contributed by atoms with E-state index >= 15 is 0 Å². The zero-order chi connectivity index (χ0) is 24.5. The first-order chi connectivity index (χ1) is 16.1. The van der Waals surface area contributed by atoms with E-state index in [1.807, 2.05) is 13.8 Å². The quantitative estimate of drug-likeness (QED) is 0.564. The molecule has 0 N–H and O–H groups in total. The standard InChI is InChI=1S/C22H29N3O6S3/c1-17-3-5-20(15-18(17)2)33(27,28)24-9-7-23(8-10-24)21(26)16-19-4-6-22(32-19)34(29,30)25-11-13-31-14-12-25/h3-6,15H,7-14,16H2,1-2H3. The second-order valence-electron chi connectivity index (χ2n) is 8.44. The lowest BCUT2D eigenvalue weighted by molar-refractivity contribution is -0.131. The van der Waals surface area contributed by atoms with E-state index in [2.05, 4.69) is 0 Å². The third kappa shape index (κ3) is 5.21. The number of amides is 1. The minimum Gasteiger partial charge on any atom is -0.379 e. The van der Waals surface area contributed by atoms with Gasteiger partial charge in [-0.3, -0.25) is 4.79 Å². The molecule has 0 bridgehead atoms. The maximum atomic E-state index is 13.0. The highest BCUT2D eigenvalue weighted by atomic mass is 32.2. The highest BCUT2D eigenvalue weighted by Gasteiger charge is 2.31. The van der Waals surface area contributed by atoms with Gasteiger partial charge in [0.15, 0.2) is 0 Å². The number of piperazine rings is 1. The van der Waals surface area contributed by atoms with E-state index in [4.69, 9.17) is 4.74 Å². The summed E-state index contributed by atoms with van der Waals surface area (Å²) in [7, 11) is -7.20. The van der Waals surface area contributed by atoms with Crippen LogP contribution in [0, 0.1) is 13.8 Å². The second kappa shape index (κ2) is 10.0. The first-order valence-electron chi connectivity index (χ1n) is 11.1. The van der Waals surface area contributed by atoms with Crippen LogP contribution in [0.3, 0.4) is 0 Å². The van der Waals surface area contributed by atoms with Gasteiger partial charge < -0.3 is 9.64 Å². The second-order valence-corrected chi connectivity index (χ2v) is 13.7. The van der Waals surface area contributed by atoms with E-state index in [0.717, 1.165) is 22.5 Å². The molecule has 3 heterocycles. The number of rotatable bonds is 6. The summed E-state index contributed by atoms with van der Waals surface area (Å²) in [5.74, 6) is -0.139. The molecule has 0 aliphatic carbocycles. The third-order valence-corrected chi connectivity index (χ3v) is 11.6. The molecule has 9 nitrogen and oxygen atoms in total. The molecule has 1 aromatic heterocycles. The predicted molar refractivity (Wildman–Crippen MR) is 129 cm³/mol. The Morgan fingerprint density at radius 2 is 1.50 bits per heavy atom. The Morgan fingerprint density at radius 1 is 0.853 bits per heavy atom. The van der Waals surface area contributed by atoms with Gasteiger partial charge >= 0.3 is 0 Å². The Hall–Kier alpha value is -1.83. The van der Waals surface area contributed by atoms with Gasteiger partial charge in [-0.1, -0.05) is 6.07 Å². The number of hydrogen-bond acceptors (Lipinski definition) is 7. The molecule has 0 unspecified atom stereocenters. The molecule has 2 aromatic rings. The summed E-state index contributed by atoms with van der Waals surface area (Å²) in [4.78, 5) is 15.4. The maximum Gasteiger partial charge on any atom is 0.252 e. The summed E-state index contributed by atoms with van der Waals surface area (Å²) < 4.78 is 59.9. The molecule has 12 heteroatoms. The van der Waals surface area contributed by atoms with Crippen molar-refractivity contribution < 1.29 is 26.4 Å². The molecule has 1 aromatic carbocycles. The van der Waals surface area contributed by atoms with Crippen LogP contribution in [0.2, 0.25) is 0 Å². The van der Waals surface area contributed by atoms with E-state index in [1.54, 1.807) is 35.2 Å². The first kappa shape index (κ1) is 25.3. The zero-order valence-electron chi connectivity index (χ0n) is 19.3. The van der Waals surface area contributed by atoms with Crippen molar-refractivity contribution in [2.24, 2.45) is 0 Å². The molecular weight excluding hydrogens is 498 g/mol. The summed E-state index contributed by atoms with van der Waals surface area (Å²) in [5.41, 5.74) is 1.95. The number of ether oxygens (including phenoxy) is 1. The Morgan fingerprint density at radius 3 is 2.15 bits per heavy atom. The summed E-state index contributed by atoms with van der Waals surface area (Å²) >= 11 is 1.11. The molecule has 0 radical (unpaired) electrons. The van der Waals surface area contributed by atoms with Gasteiger partial charge in [-0.05, 0) is 49.2 Å². The van der Waals surface area contributed by atoms with E-state index < -0.39 is 20.0 Å². The van der Waals surface area contributed by atoms with Gasteiger partial charge in [0.25, 0.3) is 10.0 Å². The van der Waals surface area contributed by atoms with Crippen molar-refractivity contribution in [1.82, 2.24) is 13.5 Å². The lowest BCUT2D eigenvalue weighted by Crippen LogP contribution is -2.50. The molecule has 0 saturated carbocycles. The van der Waals surface area contributed by atoms with Gasteiger partial charge in [0.2, 0.25) is 15.9 Å². The average Bonchev–Trinajstić information content (AvgIpc) is 3.31. The molecule has 2 fully saturated rings. The first-order valence-corrected chi connectivity index (χ1v) is 14.8. The van der Waals surface area contributed by atoms with Crippen LogP contribution < -0.4 is 0 Å². The van der Waals surface area contributed by atoms with E-state index in [9.17, 15) is 21.6 Å². The van der Waals surface area contributed by atoms with Gasteiger partial charge in [0, 0.05) is 44.1 Å². The smallest absolute Gasteiger partial charge is 0.252 e. The van der Waals surface area contributed by atoms with Crippen LogP contribution in [0.25, 0.3) is 0 Å². The Labute approximate surface area is 205 Å². The highest BCUT2D eigenvalue weighted by molar-refractivity contribution is 7.91. The van der Waals surface area contributed by atoms with Gasteiger partial charge in [-0.2, -0.15) is 8.61 Å². The van der Waals surface area contributed by atoms with Crippen LogP contribution in [-0.4, -0.2) is 88.7 Å². The molecule has 34 heavy (non-hydrogen) atoms. The predicted octanol–water partition coefficient (Wildman–Crippen LogP) is 1.46. The Balaban J connectivity index is 1.36. The summed E-state index contributed by atoms with van der Waals surface area (Å²) in [6, 6.07) is 8.33. The summed E-state index contributed by atoms with van der Waals surface area (Å²) in [6.45, 7) is 6.26. The van der Waals surface area contributed by atoms with Crippen molar-refractivity contribution in [2.75, 3.05) is 52.5 Å². The van der Waals surface area contributed by atoms with Crippen LogP contribution in [0.5, 0.6) is 0 Å². The number of carbonyl (C=O) groups is 1. The van der Waals surface area contributed by atoms with Crippen molar-refractivity contribution in [3.63, 3.8) is 0 Å². The fourth-order valence-electron chi connectivity index (χ4n) is 3.97. The topological polar surface area (TPSA) is 104 Å². The largest absolute Gasteiger partial charge is 0.379 e. The van der Waals surface area contributed by atoms with Crippen molar-refractivity contribution in [2.45, 2.75) is 29.4 Å². The average molecular weight is 528 g/mol. The van der Waals surface area contributed by atoms with Crippen molar-refractivity contribution >= 4 is 37.3 Å². The minimum absolute atomic E-state index is 0.0905. The molecule has 186 valence electrons. The highest BCUT2D eigenvalue weighted by Crippen LogP contribution is 2.27. The number of thiophene rings is 1. The molecule has 2 aliphatic rings. The Bertz CT molecular complexity index is 1260. The van der Waals surface area contributed by atoms with Crippen molar-refractivity contribution in [3.05, 3.63) is 46.3 Å². The fraction of sp³-hybridized carbons (Fsp3) is 0.500. The molecule has 4 rings (SSSR count).